The number of aliphatic carboxylic acids is 1. The van der Waals surface area contributed by atoms with Gasteiger partial charge in [0.05, 0.1) is 0 Å². The molecule has 0 fully saturated rings. The van der Waals surface area contributed by atoms with Gasteiger partial charge in [0, 0.05) is 0 Å². The fourth-order valence-corrected chi connectivity index (χ4v) is 0.370. The second-order valence-electron chi connectivity index (χ2n) is 1.68. The monoisotopic (exact) mass is 235 g/mol. The molecular formula is C6H12O3Rh. The van der Waals surface area contributed by atoms with Gasteiger partial charge in [0.15, 0.2) is 0 Å². The molecule has 0 saturated heterocycles. The van der Waals surface area contributed by atoms with Crippen LogP contribution in [0.4, 0.5) is 0 Å². The first kappa shape index (κ1) is 16.6. The van der Waals surface area contributed by atoms with Crippen molar-refractivity contribution >= 4 is 5.97 Å². The van der Waals surface area contributed by atoms with Crippen molar-refractivity contribution in [3.05, 3.63) is 13.8 Å². The molecule has 0 aromatic heterocycles. The minimum Gasteiger partial charge on any atom is -0.483 e. The van der Waals surface area contributed by atoms with Gasteiger partial charge in [-0.15, -0.1) is 0 Å². The van der Waals surface area contributed by atoms with Crippen molar-refractivity contribution in [3.63, 3.8) is 0 Å². The molecule has 3 N–H and O–H groups in total. The van der Waals surface area contributed by atoms with Crippen LogP contribution < -0.4 is 0 Å². The standard InChI is InChI=1S/C6H10O2.H2O.Rh/c1-3-4-5(2)6(7)8;;/h5H,1-4H2,(H,7,8);1H2;/q-2;;+2. The van der Waals surface area contributed by atoms with Crippen LogP contribution in [0.5, 0.6) is 0 Å². The summed E-state index contributed by atoms with van der Waals surface area (Å²) in [5.74, 6) is -1.32. The third-order valence-electron chi connectivity index (χ3n) is 0.902. The maximum absolute atomic E-state index is 10.00. The summed E-state index contributed by atoms with van der Waals surface area (Å²) in [5.41, 5.74) is 0. The van der Waals surface area contributed by atoms with E-state index in [1.807, 2.05) is 0 Å². The zero-order chi connectivity index (χ0) is 6.57. The number of rotatable bonds is 3. The Morgan fingerprint density at radius 1 is 1.60 bits per heavy atom. The van der Waals surface area contributed by atoms with Gasteiger partial charge in [0.25, 0.3) is 5.97 Å². The van der Waals surface area contributed by atoms with Crippen LogP contribution in [0.1, 0.15) is 12.8 Å². The minimum atomic E-state index is -0.839. The van der Waals surface area contributed by atoms with E-state index >= 15 is 0 Å². The average molecular weight is 235 g/mol. The van der Waals surface area contributed by atoms with Gasteiger partial charge in [0.2, 0.25) is 0 Å². The molecule has 0 amide bonds. The van der Waals surface area contributed by atoms with Crippen molar-refractivity contribution in [2.24, 2.45) is 5.92 Å². The van der Waals surface area contributed by atoms with E-state index in [9.17, 15) is 4.79 Å². The van der Waals surface area contributed by atoms with Crippen LogP contribution in [-0.4, -0.2) is 16.6 Å². The van der Waals surface area contributed by atoms with Crippen molar-refractivity contribution < 1.29 is 34.9 Å². The summed E-state index contributed by atoms with van der Waals surface area (Å²) in [4.78, 5) is 10.00. The first-order valence-corrected chi connectivity index (χ1v) is 2.53. The number of carbonyl (C=O) groups is 1. The van der Waals surface area contributed by atoms with Crippen LogP contribution in [0.2, 0.25) is 0 Å². The number of carboxylic acid groups (broad SMARTS) is 1. The largest absolute Gasteiger partial charge is 2.00 e. The molecule has 0 heterocycles. The first-order valence-electron chi connectivity index (χ1n) is 2.53. The predicted octanol–water partition coefficient (Wildman–Crippen LogP) is 0.308. The summed E-state index contributed by atoms with van der Waals surface area (Å²) in [5, 5.41) is 8.22. The molecule has 0 rings (SSSR count). The van der Waals surface area contributed by atoms with Crippen LogP contribution in [0, 0.1) is 19.8 Å². The van der Waals surface area contributed by atoms with Gasteiger partial charge in [-0.2, -0.15) is 6.42 Å². The molecule has 0 aliphatic carbocycles. The number of hydrogen-bond acceptors (Lipinski definition) is 1. The normalized spacial score (nSPS) is 10.6. The van der Waals surface area contributed by atoms with Gasteiger partial charge in [-0.3, -0.25) is 4.79 Å². The summed E-state index contributed by atoms with van der Waals surface area (Å²) >= 11 is 0. The molecule has 0 aliphatic heterocycles. The third kappa shape index (κ3) is 8.05. The third-order valence-corrected chi connectivity index (χ3v) is 0.902. The Balaban J connectivity index is -0.000000245. The Morgan fingerprint density at radius 2 is 2.00 bits per heavy atom. The molecule has 0 saturated carbocycles. The fraction of sp³-hybridized carbons (Fsp3) is 0.500. The van der Waals surface area contributed by atoms with E-state index in [1.165, 1.54) is 0 Å². The summed E-state index contributed by atoms with van der Waals surface area (Å²) < 4.78 is 0. The molecule has 0 aromatic rings. The van der Waals surface area contributed by atoms with E-state index in [0.29, 0.717) is 12.8 Å². The molecule has 1 radical (unpaired) electrons. The van der Waals surface area contributed by atoms with Crippen molar-refractivity contribution in [1.82, 2.24) is 0 Å². The fourth-order valence-electron chi connectivity index (χ4n) is 0.370. The number of carboxylic acids is 1. The van der Waals surface area contributed by atoms with E-state index in [2.05, 4.69) is 13.8 Å². The average Bonchev–Trinajstić information content (AvgIpc) is 1.67. The van der Waals surface area contributed by atoms with Crippen molar-refractivity contribution in [2.75, 3.05) is 0 Å². The molecule has 0 aromatic carbocycles. The molecule has 1 unspecified atom stereocenters. The molecule has 3 nitrogen and oxygen atoms in total. The molecule has 10 heavy (non-hydrogen) atoms. The second kappa shape index (κ2) is 9.05. The van der Waals surface area contributed by atoms with Crippen LogP contribution in [0.15, 0.2) is 0 Å². The van der Waals surface area contributed by atoms with Crippen molar-refractivity contribution in [2.45, 2.75) is 12.8 Å². The maximum Gasteiger partial charge on any atom is 2.00 e. The van der Waals surface area contributed by atoms with E-state index in [0.717, 1.165) is 0 Å². The molecule has 4 heteroatoms. The molecule has 63 valence electrons. The Bertz CT molecular complexity index is 85.1. The van der Waals surface area contributed by atoms with E-state index in [4.69, 9.17) is 5.11 Å². The predicted molar refractivity (Wildman–Crippen MR) is 34.7 cm³/mol. The minimum absolute atomic E-state index is 0. The second-order valence-corrected chi connectivity index (χ2v) is 1.68. The van der Waals surface area contributed by atoms with Gasteiger partial charge in [-0.1, -0.05) is 12.3 Å². The Morgan fingerprint density at radius 3 is 2.10 bits per heavy atom. The smallest absolute Gasteiger partial charge is 0.483 e. The zero-order valence-electron chi connectivity index (χ0n) is 5.59. The van der Waals surface area contributed by atoms with Crippen LogP contribution in [-0.2, 0) is 24.3 Å². The quantitative estimate of drug-likeness (QED) is 0.564. The van der Waals surface area contributed by atoms with Crippen molar-refractivity contribution in [3.8, 4) is 0 Å². The summed E-state index contributed by atoms with van der Waals surface area (Å²) in [6, 6.07) is 0. The van der Waals surface area contributed by atoms with Crippen LogP contribution in [0.3, 0.4) is 0 Å². The molecular weight excluding hydrogens is 223 g/mol. The summed E-state index contributed by atoms with van der Waals surface area (Å²) in [7, 11) is 0. The Kier molecular flexibility index (Phi) is 15.0. The summed E-state index contributed by atoms with van der Waals surface area (Å²) in [6.07, 6.45) is 1.20. The van der Waals surface area contributed by atoms with Crippen molar-refractivity contribution in [1.29, 1.82) is 0 Å². The van der Waals surface area contributed by atoms with Gasteiger partial charge in [-0.05, 0) is 0 Å². The Hall–Kier alpha value is 0.0534. The van der Waals surface area contributed by atoms with Gasteiger partial charge in [0.1, 0.15) is 0 Å². The Labute approximate surface area is 73.9 Å². The molecule has 0 bridgehead atoms. The van der Waals surface area contributed by atoms with Gasteiger partial charge < -0.3 is 24.4 Å². The van der Waals surface area contributed by atoms with E-state index < -0.39 is 11.9 Å². The first-order chi connectivity index (χ1) is 3.68. The maximum atomic E-state index is 10.00. The van der Waals surface area contributed by atoms with E-state index in [1.54, 1.807) is 0 Å². The molecule has 0 spiro atoms. The van der Waals surface area contributed by atoms with E-state index in [-0.39, 0.29) is 25.0 Å². The molecule has 1 atom stereocenters. The summed E-state index contributed by atoms with van der Waals surface area (Å²) in [6.45, 7) is 6.89. The SMILES string of the molecule is O.[CH2-]CCC([CH2-])C(=O)O.[Rh+2]. The number of hydrogen-bond donors (Lipinski definition) is 1. The van der Waals surface area contributed by atoms with Crippen LogP contribution >= 0.6 is 0 Å². The zero-order valence-corrected chi connectivity index (χ0v) is 7.23. The molecule has 0 aliphatic rings. The van der Waals surface area contributed by atoms with Crippen LogP contribution in [0.25, 0.3) is 0 Å². The van der Waals surface area contributed by atoms with Gasteiger partial charge in [-0.25, -0.2) is 0 Å². The topological polar surface area (TPSA) is 68.8 Å². The van der Waals surface area contributed by atoms with Gasteiger partial charge >= 0.3 is 19.5 Å².